The number of rotatable bonds is 5. The molecule has 1 fully saturated rings. The third-order valence-electron chi connectivity index (χ3n) is 2.51. The van der Waals surface area contributed by atoms with Crippen LogP contribution in [-0.4, -0.2) is 71.9 Å². The van der Waals surface area contributed by atoms with Gasteiger partial charge >= 0.3 is 5.97 Å². The van der Waals surface area contributed by atoms with Crippen LogP contribution in [0.1, 0.15) is 0 Å². The Morgan fingerprint density at radius 3 is 2.33 bits per heavy atom. The van der Waals surface area contributed by atoms with Gasteiger partial charge in [-0.25, -0.2) is 4.79 Å². The number of aliphatic hydroxyl groups excluding tert-OH is 1. The highest BCUT2D eigenvalue weighted by Crippen LogP contribution is 2.00. The molecule has 1 aliphatic heterocycles. The maximum atomic E-state index is 10.2. The lowest BCUT2D eigenvalue weighted by Gasteiger charge is -2.33. The number of β-amino-alcohol motifs (C(OH)–C–C–N with tert-alkyl or cyclic N) is 1. The van der Waals surface area contributed by atoms with Gasteiger partial charge < -0.3 is 10.2 Å². The van der Waals surface area contributed by atoms with E-state index in [1.165, 1.54) is 6.08 Å². The number of hydrogen-bond donors (Lipinski definition) is 2. The summed E-state index contributed by atoms with van der Waals surface area (Å²) < 4.78 is 0. The second-order valence-corrected chi connectivity index (χ2v) is 3.61. The maximum absolute atomic E-state index is 10.2. The topological polar surface area (TPSA) is 64.0 Å². The van der Waals surface area contributed by atoms with Crippen LogP contribution in [0.3, 0.4) is 0 Å². The fourth-order valence-corrected chi connectivity index (χ4v) is 1.64. The molecule has 0 aromatic rings. The highest BCUT2D eigenvalue weighted by Gasteiger charge is 2.14. The molecule has 0 radical (unpaired) electrons. The van der Waals surface area contributed by atoms with Crippen molar-refractivity contribution in [1.82, 2.24) is 9.80 Å². The minimum atomic E-state index is -0.895. The molecule has 0 aromatic heterocycles. The van der Waals surface area contributed by atoms with E-state index in [1.54, 1.807) is 6.08 Å². The predicted molar refractivity (Wildman–Crippen MR) is 56.7 cm³/mol. The lowest BCUT2D eigenvalue weighted by Crippen LogP contribution is -2.47. The summed E-state index contributed by atoms with van der Waals surface area (Å²) in [4.78, 5) is 14.6. The number of carbonyl (C=O) groups is 1. The number of piperazine rings is 1. The average Bonchev–Trinajstić information content (AvgIpc) is 2.20. The zero-order valence-electron chi connectivity index (χ0n) is 8.80. The van der Waals surface area contributed by atoms with Crippen molar-refractivity contribution in [3.05, 3.63) is 12.2 Å². The third kappa shape index (κ3) is 4.92. The summed E-state index contributed by atoms with van der Waals surface area (Å²) >= 11 is 0. The highest BCUT2D eigenvalue weighted by atomic mass is 16.4. The molecule has 0 bridgehead atoms. The fraction of sp³-hybridized carbons (Fsp3) is 0.700. The smallest absolute Gasteiger partial charge is 0.328 e. The molecule has 2 N–H and O–H groups in total. The van der Waals surface area contributed by atoms with Gasteiger partial charge in [-0.1, -0.05) is 6.08 Å². The predicted octanol–water partition coefficient (Wildman–Crippen LogP) is -0.763. The van der Waals surface area contributed by atoms with E-state index in [0.717, 1.165) is 32.7 Å². The molecule has 86 valence electrons. The largest absolute Gasteiger partial charge is 0.478 e. The van der Waals surface area contributed by atoms with E-state index in [9.17, 15) is 4.79 Å². The Balaban J connectivity index is 2.17. The molecule has 0 aliphatic carbocycles. The van der Waals surface area contributed by atoms with E-state index in [0.29, 0.717) is 6.54 Å². The van der Waals surface area contributed by atoms with Gasteiger partial charge in [0, 0.05) is 45.3 Å². The molecule has 5 heteroatoms. The van der Waals surface area contributed by atoms with E-state index in [4.69, 9.17) is 10.2 Å². The third-order valence-corrected chi connectivity index (χ3v) is 2.51. The van der Waals surface area contributed by atoms with Crippen LogP contribution < -0.4 is 0 Å². The Kier molecular flexibility index (Phi) is 5.31. The Morgan fingerprint density at radius 2 is 1.80 bits per heavy atom. The van der Waals surface area contributed by atoms with Crippen LogP contribution in [0, 0.1) is 0 Å². The Morgan fingerprint density at radius 1 is 1.20 bits per heavy atom. The van der Waals surface area contributed by atoms with Crippen molar-refractivity contribution < 1.29 is 15.0 Å². The van der Waals surface area contributed by atoms with Gasteiger partial charge in [0.25, 0.3) is 0 Å². The summed E-state index contributed by atoms with van der Waals surface area (Å²) in [6.45, 7) is 5.40. The summed E-state index contributed by atoms with van der Waals surface area (Å²) in [6.07, 6.45) is 2.85. The molecule has 0 unspecified atom stereocenters. The van der Waals surface area contributed by atoms with E-state index < -0.39 is 5.97 Å². The number of hydrogen-bond acceptors (Lipinski definition) is 4. The van der Waals surface area contributed by atoms with E-state index in [1.807, 2.05) is 0 Å². The first-order valence-corrected chi connectivity index (χ1v) is 5.17. The van der Waals surface area contributed by atoms with Crippen molar-refractivity contribution in [2.24, 2.45) is 0 Å². The van der Waals surface area contributed by atoms with Crippen LogP contribution in [0.4, 0.5) is 0 Å². The lowest BCUT2D eigenvalue weighted by molar-refractivity contribution is -0.131. The van der Waals surface area contributed by atoms with Gasteiger partial charge in [0.15, 0.2) is 0 Å². The molecule has 0 atom stereocenters. The number of carboxylic acid groups (broad SMARTS) is 1. The second kappa shape index (κ2) is 6.55. The van der Waals surface area contributed by atoms with Crippen LogP contribution in [0.2, 0.25) is 0 Å². The summed E-state index contributed by atoms with van der Waals surface area (Å²) in [7, 11) is 0. The van der Waals surface area contributed by atoms with Gasteiger partial charge in [-0.3, -0.25) is 9.80 Å². The molecule has 1 rings (SSSR count). The van der Waals surface area contributed by atoms with Gasteiger partial charge in [0.2, 0.25) is 0 Å². The average molecular weight is 214 g/mol. The maximum Gasteiger partial charge on any atom is 0.328 e. The monoisotopic (exact) mass is 214 g/mol. The first-order chi connectivity index (χ1) is 7.22. The number of aliphatic hydroxyl groups is 1. The summed E-state index contributed by atoms with van der Waals surface area (Å²) in [6, 6.07) is 0. The Labute approximate surface area is 89.6 Å². The molecular weight excluding hydrogens is 196 g/mol. The zero-order valence-corrected chi connectivity index (χ0v) is 8.80. The number of carboxylic acids is 1. The van der Waals surface area contributed by atoms with Gasteiger partial charge in [-0.2, -0.15) is 0 Å². The first kappa shape index (κ1) is 12.2. The van der Waals surface area contributed by atoms with Crippen molar-refractivity contribution in [2.45, 2.75) is 0 Å². The van der Waals surface area contributed by atoms with Crippen molar-refractivity contribution >= 4 is 5.97 Å². The van der Waals surface area contributed by atoms with Gasteiger partial charge in [-0.05, 0) is 0 Å². The minimum absolute atomic E-state index is 0.207. The van der Waals surface area contributed by atoms with Crippen LogP contribution in [0.5, 0.6) is 0 Å². The molecule has 0 amide bonds. The SMILES string of the molecule is O=C(O)/C=C/CN1CCN(CCO)CC1. The molecular formula is C10H18N2O3. The molecule has 0 aromatic carbocycles. The molecule has 15 heavy (non-hydrogen) atoms. The van der Waals surface area contributed by atoms with Gasteiger partial charge in [0.1, 0.15) is 0 Å². The van der Waals surface area contributed by atoms with Crippen LogP contribution in [0.15, 0.2) is 12.2 Å². The van der Waals surface area contributed by atoms with Crippen LogP contribution >= 0.6 is 0 Å². The van der Waals surface area contributed by atoms with E-state index in [-0.39, 0.29) is 6.61 Å². The molecule has 1 saturated heterocycles. The standard InChI is InChI=1S/C10H18N2O3/c13-9-8-12-6-4-11(5-7-12)3-1-2-10(14)15/h1-2,13H,3-9H2,(H,14,15)/b2-1+. The van der Waals surface area contributed by atoms with Gasteiger partial charge in [0.05, 0.1) is 6.61 Å². The molecule has 5 nitrogen and oxygen atoms in total. The van der Waals surface area contributed by atoms with E-state index >= 15 is 0 Å². The summed E-state index contributed by atoms with van der Waals surface area (Å²) in [5.41, 5.74) is 0. The second-order valence-electron chi connectivity index (χ2n) is 3.61. The van der Waals surface area contributed by atoms with Crippen molar-refractivity contribution in [1.29, 1.82) is 0 Å². The Hall–Kier alpha value is -0.910. The normalized spacial score (nSPS) is 19.8. The molecule has 1 heterocycles. The minimum Gasteiger partial charge on any atom is -0.478 e. The lowest BCUT2D eigenvalue weighted by atomic mass is 10.3. The quantitative estimate of drug-likeness (QED) is 0.589. The van der Waals surface area contributed by atoms with Crippen molar-refractivity contribution in [3.63, 3.8) is 0 Å². The fourth-order valence-electron chi connectivity index (χ4n) is 1.64. The highest BCUT2D eigenvalue weighted by molar-refractivity contribution is 5.79. The Bertz CT molecular complexity index is 223. The van der Waals surface area contributed by atoms with Crippen LogP contribution in [0.25, 0.3) is 0 Å². The number of aliphatic carboxylic acids is 1. The van der Waals surface area contributed by atoms with Crippen molar-refractivity contribution in [2.75, 3.05) is 45.9 Å². The summed E-state index contributed by atoms with van der Waals surface area (Å²) in [5, 5.41) is 17.2. The van der Waals surface area contributed by atoms with E-state index in [2.05, 4.69) is 9.80 Å². The number of nitrogens with zero attached hydrogens (tertiary/aromatic N) is 2. The first-order valence-electron chi connectivity index (χ1n) is 5.17. The zero-order chi connectivity index (χ0) is 11.1. The van der Waals surface area contributed by atoms with Crippen LogP contribution in [-0.2, 0) is 4.79 Å². The molecule has 0 spiro atoms. The van der Waals surface area contributed by atoms with Gasteiger partial charge in [-0.15, -0.1) is 0 Å². The molecule has 1 aliphatic rings. The van der Waals surface area contributed by atoms with Crippen molar-refractivity contribution in [3.8, 4) is 0 Å². The summed E-state index contributed by atoms with van der Waals surface area (Å²) in [5.74, 6) is -0.895. The molecule has 0 saturated carbocycles.